The molecule has 0 spiro atoms. The predicted octanol–water partition coefficient (Wildman–Crippen LogP) is 7.70. The summed E-state index contributed by atoms with van der Waals surface area (Å²) in [7, 11) is 0. The lowest BCUT2D eigenvalue weighted by atomic mass is 10.0. The first-order valence-electron chi connectivity index (χ1n) is 12.5. The molecule has 0 aliphatic rings. The molecular weight excluding hydrogens is 382 g/mol. The van der Waals surface area contributed by atoms with E-state index in [-0.39, 0.29) is 0 Å². The second-order valence-corrected chi connectivity index (χ2v) is 8.50. The topological polar surface area (TPSA) is 75.9 Å². The Bertz CT molecular complexity index is 689. The van der Waals surface area contributed by atoms with Crippen LogP contribution in [0.5, 0.6) is 0 Å². The number of hydrogen-bond donors (Lipinski definition) is 3. The third kappa shape index (κ3) is 11.0. The van der Waals surface area contributed by atoms with Gasteiger partial charge in [-0.25, -0.2) is 9.97 Å². The van der Waals surface area contributed by atoms with Crippen LogP contribution in [0, 0.1) is 0 Å². The smallest absolute Gasteiger partial charge is 0.159 e. The summed E-state index contributed by atoms with van der Waals surface area (Å²) in [4.78, 5) is 8.57. The Morgan fingerprint density at radius 2 is 1.19 bits per heavy atom. The number of aromatic nitrogens is 2. The van der Waals surface area contributed by atoms with Crippen molar-refractivity contribution in [2.24, 2.45) is 0 Å². The van der Waals surface area contributed by atoms with E-state index in [4.69, 9.17) is 5.73 Å². The van der Waals surface area contributed by atoms with Crippen LogP contribution < -0.4 is 16.4 Å². The van der Waals surface area contributed by atoms with Gasteiger partial charge in [-0.15, -0.1) is 0 Å². The van der Waals surface area contributed by atoms with Crippen LogP contribution in [0.2, 0.25) is 0 Å². The standard InChI is InChI=1S/C26H43N5/c1-2-3-4-5-6-7-8-9-10-11-12-13-14-18-21-28-25-24(27)26(30-22-29-25)31-23-19-16-15-17-20-23/h15-17,19-20,22H,2-14,18,21,27H2,1H3,(H2,28,29,30,31). The zero-order chi connectivity index (χ0) is 22.0. The van der Waals surface area contributed by atoms with Gasteiger partial charge in [0, 0.05) is 12.2 Å². The highest BCUT2D eigenvalue weighted by molar-refractivity contribution is 5.77. The molecule has 1 aromatic heterocycles. The number of hydrogen-bond acceptors (Lipinski definition) is 5. The highest BCUT2D eigenvalue weighted by atomic mass is 15.1. The van der Waals surface area contributed by atoms with Crippen molar-refractivity contribution in [2.45, 2.75) is 96.8 Å². The molecule has 5 heteroatoms. The Morgan fingerprint density at radius 1 is 0.677 bits per heavy atom. The van der Waals surface area contributed by atoms with Gasteiger partial charge >= 0.3 is 0 Å². The number of nitrogens with zero attached hydrogens (tertiary/aromatic N) is 2. The summed E-state index contributed by atoms with van der Waals surface area (Å²) >= 11 is 0. The zero-order valence-corrected chi connectivity index (χ0v) is 19.5. The second-order valence-electron chi connectivity index (χ2n) is 8.50. The van der Waals surface area contributed by atoms with E-state index in [1.54, 1.807) is 6.33 Å². The number of unbranched alkanes of at least 4 members (excludes halogenated alkanes) is 13. The first-order valence-corrected chi connectivity index (χ1v) is 12.5. The summed E-state index contributed by atoms with van der Waals surface area (Å²) in [5.41, 5.74) is 7.77. The molecule has 0 saturated carbocycles. The summed E-state index contributed by atoms with van der Waals surface area (Å²) in [6, 6.07) is 9.92. The lowest BCUT2D eigenvalue weighted by Gasteiger charge is -2.12. The van der Waals surface area contributed by atoms with Gasteiger partial charge in [-0.2, -0.15) is 0 Å². The molecule has 1 heterocycles. The van der Waals surface area contributed by atoms with Crippen molar-refractivity contribution in [3.8, 4) is 0 Å². The first-order chi connectivity index (χ1) is 15.3. The van der Waals surface area contributed by atoms with Crippen molar-refractivity contribution >= 4 is 23.0 Å². The van der Waals surface area contributed by atoms with Crippen LogP contribution in [0.3, 0.4) is 0 Å². The molecule has 0 saturated heterocycles. The van der Waals surface area contributed by atoms with Gasteiger partial charge in [0.05, 0.1) is 0 Å². The minimum absolute atomic E-state index is 0.566. The number of nitrogens with one attached hydrogen (secondary N) is 2. The van der Waals surface area contributed by atoms with Crippen molar-refractivity contribution < 1.29 is 0 Å². The Morgan fingerprint density at radius 3 is 1.77 bits per heavy atom. The summed E-state index contributed by atoms with van der Waals surface area (Å²) in [5, 5.41) is 6.62. The fourth-order valence-corrected chi connectivity index (χ4v) is 3.82. The number of rotatable bonds is 18. The summed E-state index contributed by atoms with van der Waals surface area (Å²) in [5.74, 6) is 1.35. The summed E-state index contributed by atoms with van der Waals surface area (Å²) in [6.07, 6.45) is 20.8. The van der Waals surface area contributed by atoms with Gasteiger partial charge in [-0.05, 0) is 18.6 Å². The molecule has 0 radical (unpaired) electrons. The van der Waals surface area contributed by atoms with Crippen molar-refractivity contribution in [1.29, 1.82) is 0 Å². The minimum Gasteiger partial charge on any atom is -0.393 e. The third-order valence-electron chi connectivity index (χ3n) is 5.74. The number of nitrogens with two attached hydrogens (primary N) is 1. The van der Waals surface area contributed by atoms with Crippen LogP contribution in [0.15, 0.2) is 36.7 Å². The van der Waals surface area contributed by atoms with E-state index in [0.717, 1.165) is 18.7 Å². The maximum atomic E-state index is 6.24. The van der Waals surface area contributed by atoms with Crippen molar-refractivity contribution in [1.82, 2.24) is 9.97 Å². The van der Waals surface area contributed by atoms with Crippen LogP contribution in [-0.4, -0.2) is 16.5 Å². The SMILES string of the molecule is CCCCCCCCCCCCCCCCNc1ncnc(Nc2ccccc2)c1N. The predicted molar refractivity (Wildman–Crippen MR) is 135 cm³/mol. The first kappa shape index (κ1) is 25.0. The third-order valence-corrected chi connectivity index (χ3v) is 5.74. The van der Waals surface area contributed by atoms with Gasteiger partial charge in [-0.3, -0.25) is 0 Å². The highest BCUT2D eigenvalue weighted by Crippen LogP contribution is 2.25. The average Bonchev–Trinajstić information content (AvgIpc) is 2.79. The fraction of sp³-hybridized carbons (Fsp3) is 0.615. The van der Waals surface area contributed by atoms with Crippen LogP contribution in [0.25, 0.3) is 0 Å². The van der Waals surface area contributed by atoms with Gasteiger partial charge in [0.1, 0.15) is 12.0 Å². The van der Waals surface area contributed by atoms with Gasteiger partial charge in [-0.1, -0.05) is 109 Å². The number of benzene rings is 1. The van der Waals surface area contributed by atoms with E-state index in [9.17, 15) is 0 Å². The normalized spacial score (nSPS) is 10.9. The molecule has 172 valence electrons. The molecule has 0 aliphatic heterocycles. The molecule has 0 fully saturated rings. The Hall–Kier alpha value is -2.30. The largest absolute Gasteiger partial charge is 0.393 e. The number of anilines is 4. The molecule has 4 N–H and O–H groups in total. The molecule has 0 unspecified atom stereocenters. The van der Waals surface area contributed by atoms with E-state index in [0.29, 0.717) is 17.3 Å². The highest BCUT2D eigenvalue weighted by Gasteiger charge is 2.07. The molecule has 31 heavy (non-hydrogen) atoms. The Balaban J connectivity index is 1.47. The lowest BCUT2D eigenvalue weighted by Crippen LogP contribution is -2.09. The quantitative estimate of drug-likeness (QED) is 0.213. The van der Waals surface area contributed by atoms with Gasteiger partial charge in [0.15, 0.2) is 11.6 Å². The molecule has 0 amide bonds. The maximum absolute atomic E-state index is 6.24. The second kappa shape index (κ2) is 16.4. The maximum Gasteiger partial charge on any atom is 0.159 e. The lowest BCUT2D eigenvalue weighted by molar-refractivity contribution is 0.537. The van der Waals surface area contributed by atoms with E-state index < -0.39 is 0 Å². The molecule has 0 bridgehead atoms. The molecule has 0 atom stereocenters. The monoisotopic (exact) mass is 425 g/mol. The van der Waals surface area contributed by atoms with E-state index in [1.807, 2.05) is 30.3 Å². The van der Waals surface area contributed by atoms with E-state index >= 15 is 0 Å². The van der Waals surface area contributed by atoms with Crippen LogP contribution in [-0.2, 0) is 0 Å². The molecule has 2 rings (SSSR count). The molecular formula is C26H43N5. The molecule has 0 aliphatic carbocycles. The van der Waals surface area contributed by atoms with Crippen molar-refractivity contribution in [2.75, 3.05) is 22.9 Å². The van der Waals surface area contributed by atoms with Gasteiger partial charge in [0.2, 0.25) is 0 Å². The Labute approximate surface area is 189 Å². The zero-order valence-electron chi connectivity index (χ0n) is 19.5. The van der Waals surface area contributed by atoms with Crippen molar-refractivity contribution in [3.63, 3.8) is 0 Å². The van der Waals surface area contributed by atoms with Gasteiger partial charge < -0.3 is 16.4 Å². The molecule has 1 aromatic carbocycles. The summed E-state index contributed by atoms with van der Waals surface area (Å²) < 4.78 is 0. The fourth-order valence-electron chi connectivity index (χ4n) is 3.82. The number of para-hydroxylation sites is 1. The van der Waals surface area contributed by atoms with Crippen molar-refractivity contribution in [3.05, 3.63) is 36.7 Å². The minimum atomic E-state index is 0.566. The number of nitrogen functional groups attached to an aromatic ring is 1. The van der Waals surface area contributed by atoms with E-state index in [2.05, 4.69) is 27.5 Å². The van der Waals surface area contributed by atoms with Crippen LogP contribution >= 0.6 is 0 Å². The molecule has 2 aromatic rings. The Kier molecular flexibility index (Phi) is 13.2. The molecule has 5 nitrogen and oxygen atoms in total. The average molecular weight is 426 g/mol. The van der Waals surface area contributed by atoms with E-state index in [1.165, 1.54) is 83.5 Å². The van der Waals surface area contributed by atoms with Crippen LogP contribution in [0.4, 0.5) is 23.0 Å². The van der Waals surface area contributed by atoms with Crippen LogP contribution in [0.1, 0.15) is 96.8 Å². The summed E-state index contributed by atoms with van der Waals surface area (Å²) in [6.45, 7) is 3.18. The van der Waals surface area contributed by atoms with Gasteiger partial charge in [0.25, 0.3) is 0 Å².